The Morgan fingerprint density at radius 2 is 2.30 bits per heavy atom. The van der Waals surface area contributed by atoms with Crippen LogP contribution in [0.2, 0.25) is 0 Å². The summed E-state index contributed by atoms with van der Waals surface area (Å²) < 4.78 is 0. The highest BCUT2D eigenvalue weighted by molar-refractivity contribution is 7.07. The van der Waals surface area contributed by atoms with Crippen LogP contribution >= 0.6 is 11.3 Å². The van der Waals surface area contributed by atoms with Crippen LogP contribution in [0.25, 0.3) is 0 Å². The van der Waals surface area contributed by atoms with Gasteiger partial charge in [0, 0.05) is 20.6 Å². The topological polar surface area (TPSA) is 32.3 Å². The smallest absolute Gasteiger partial charge is 0.146 e. The van der Waals surface area contributed by atoms with Gasteiger partial charge in [0.05, 0.1) is 24.1 Å². The third-order valence-corrected chi connectivity index (χ3v) is 4.50. The summed E-state index contributed by atoms with van der Waals surface area (Å²) in [4.78, 5) is 13.6. The predicted octanol–water partition coefficient (Wildman–Crippen LogP) is 2.94. The quantitative estimate of drug-likeness (QED) is 0.866. The van der Waals surface area contributed by atoms with E-state index in [0.717, 1.165) is 24.6 Å². The maximum Gasteiger partial charge on any atom is 0.146 e. The average molecular weight is 288 g/mol. The number of rotatable bonds is 4. The first-order chi connectivity index (χ1) is 9.74. The molecule has 1 unspecified atom stereocenters. The molecule has 4 nitrogen and oxygen atoms in total. The predicted molar refractivity (Wildman–Crippen MR) is 83.1 cm³/mol. The van der Waals surface area contributed by atoms with Crippen LogP contribution in [0.3, 0.4) is 0 Å². The van der Waals surface area contributed by atoms with Gasteiger partial charge in [-0.3, -0.25) is 9.88 Å². The molecule has 0 bridgehead atoms. The largest absolute Gasteiger partial charge is 0.361 e. The molecule has 0 N–H and O–H groups in total. The Morgan fingerprint density at radius 1 is 1.40 bits per heavy atom. The summed E-state index contributed by atoms with van der Waals surface area (Å²) in [5, 5.41) is 4.38. The summed E-state index contributed by atoms with van der Waals surface area (Å²) in [7, 11) is 4.01. The van der Waals surface area contributed by atoms with Crippen molar-refractivity contribution in [2.24, 2.45) is 0 Å². The number of hydrogen-bond donors (Lipinski definition) is 0. The molecular formula is C15H20N4S. The molecule has 1 fully saturated rings. The van der Waals surface area contributed by atoms with Gasteiger partial charge in [0.1, 0.15) is 5.82 Å². The number of anilines is 1. The minimum Gasteiger partial charge on any atom is -0.361 e. The zero-order valence-electron chi connectivity index (χ0n) is 12.0. The first-order valence-corrected chi connectivity index (χ1v) is 7.93. The molecule has 3 rings (SSSR count). The average Bonchev–Trinajstić information content (AvgIpc) is 3.11. The Labute approximate surface area is 124 Å². The second-order valence-electron chi connectivity index (χ2n) is 5.46. The first kappa shape index (κ1) is 13.5. The van der Waals surface area contributed by atoms with E-state index in [1.807, 2.05) is 31.4 Å². The molecule has 2 aromatic heterocycles. The Balaban J connectivity index is 1.79. The maximum atomic E-state index is 4.76. The zero-order valence-corrected chi connectivity index (χ0v) is 12.8. The third-order valence-electron chi connectivity index (χ3n) is 3.77. The SMILES string of the molecule is CN(C)c1cncc(C2CCCN2Cc2ccsc2)n1. The van der Waals surface area contributed by atoms with Crippen molar-refractivity contribution < 1.29 is 0 Å². The normalized spacial score (nSPS) is 19.4. The number of hydrogen-bond acceptors (Lipinski definition) is 5. The number of nitrogens with zero attached hydrogens (tertiary/aromatic N) is 4. The zero-order chi connectivity index (χ0) is 13.9. The molecule has 3 heterocycles. The van der Waals surface area contributed by atoms with E-state index in [1.165, 1.54) is 18.4 Å². The van der Waals surface area contributed by atoms with E-state index < -0.39 is 0 Å². The number of likely N-dealkylation sites (tertiary alicyclic amines) is 1. The van der Waals surface area contributed by atoms with Gasteiger partial charge >= 0.3 is 0 Å². The summed E-state index contributed by atoms with van der Waals surface area (Å²) in [5.41, 5.74) is 2.50. The fourth-order valence-corrected chi connectivity index (χ4v) is 3.37. The number of thiophene rings is 1. The third kappa shape index (κ3) is 2.83. The van der Waals surface area contributed by atoms with Crippen molar-refractivity contribution in [3.8, 4) is 0 Å². The molecule has 0 aromatic carbocycles. The summed E-state index contributed by atoms with van der Waals surface area (Å²) >= 11 is 1.77. The Hall–Kier alpha value is -1.46. The van der Waals surface area contributed by atoms with E-state index >= 15 is 0 Å². The monoisotopic (exact) mass is 288 g/mol. The van der Waals surface area contributed by atoms with Crippen molar-refractivity contribution in [1.29, 1.82) is 0 Å². The lowest BCUT2D eigenvalue weighted by molar-refractivity contribution is 0.244. The summed E-state index contributed by atoms with van der Waals surface area (Å²) in [6.07, 6.45) is 6.16. The molecule has 0 radical (unpaired) electrons. The van der Waals surface area contributed by atoms with Crippen LogP contribution < -0.4 is 4.90 Å². The number of aromatic nitrogens is 2. The van der Waals surface area contributed by atoms with Crippen molar-refractivity contribution in [3.63, 3.8) is 0 Å². The van der Waals surface area contributed by atoms with Gasteiger partial charge in [0.25, 0.3) is 0 Å². The van der Waals surface area contributed by atoms with Gasteiger partial charge in [0.15, 0.2) is 0 Å². The molecule has 5 heteroatoms. The van der Waals surface area contributed by atoms with Gasteiger partial charge < -0.3 is 4.90 Å². The highest BCUT2D eigenvalue weighted by atomic mass is 32.1. The van der Waals surface area contributed by atoms with Crippen LogP contribution in [0.15, 0.2) is 29.2 Å². The minimum atomic E-state index is 0.405. The molecule has 1 aliphatic heterocycles. The fourth-order valence-electron chi connectivity index (χ4n) is 2.71. The van der Waals surface area contributed by atoms with Crippen LogP contribution in [-0.2, 0) is 6.54 Å². The second kappa shape index (κ2) is 5.89. The highest BCUT2D eigenvalue weighted by Crippen LogP contribution is 2.32. The van der Waals surface area contributed by atoms with Gasteiger partial charge in [-0.15, -0.1) is 0 Å². The molecule has 0 saturated carbocycles. The van der Waals surface area contributed by atoms with Crippen LogP contribution in [0.4, 0.5) is 5.82 Å². The Morgan fingerprint density at radius 3 is 3.05 bits per heavy atom. The lowest BCUT2D eigenvalue weighted by Gasteiger charge is -2.24. The summed E-state index contributed by atoms with van der Waals surface area (Å²) in [6, 6.07) is 2.62. The molecule has 1 aliphatic rings. The van der Waals surface area contributed by atoms with Gasteiger partial charge in [-0.1, -0.05) is 0 Å². The van der Waals surface area contributed by atoms with E-state index in [2.05, 4.69) is 26.7 Å². The molecule has 2 aromatic rings. The van der Waals surface area contributed by atoms with Crippen LogP contribution in [0.1, 0.15) is 30.1 Å². The van der Waals surface area contributed by atoms with E-state index in [1.54, 1.807) is 11.3 Å². The van der Waals surface area contributed by atoms with E-state index in [4.69, 9.17) is 4.98 Å². The van der Waals surface area contributed by atoms with E-state index in [-0.39, 0.29) is 0 Å². The summed E-state index contributed by atoms with van der Waals surface area (Å²) in [5.74, 6) is 0.935. The van der Waals surface area contributed by atoms with Crippen molar-refractivity contribution in [2.45, 2.75) is 25.4 Å². The van der Waals surface area contributed by atoms with Gasteiger partial charge in [0.2, 0.25) is 0 Å². The van der Waals surface area contributed by atoms with Crippen molar-refractivity contribution in [2.75, 3.05) is 25.5 Å². The molecule has 0 spiro atoms. The summed E-state index contributed by atoms with van der Waals surface area (Å²) in [6.45, 7) is 2.16. The van der Waals surface area contributed by atoms with Crippen LogP contribution in [0, 0.1) is 0 Å². The molecule has 0 amide bonds. The Kier molecular flexibility index (Phi) is 3.98. The van der Waals surface area contributed by atoms with Gasteiger partial charge in [-0.25, -0.2) is 4.98 Å². The van der Waals surface area contributed by atoms with Crippen molar-refractivity contribution >= 4 is 17.2 Å². The van der Waals surface area contributed by atoms with Gasteiger partial charge in [-0.05, 0) is 41.8 Å². The lowest BCUT2D eigenvalue weighted by atomic mass is 10.1. The maximum absolute atomic E-state index is 4.76. The van der Waals surface area contributed by atoms with Crippen LogP contribution in [-0.4, -0.2) is 35.5 Å². The second-order valence-corrected chi connectivity index (χ2v) is 6.24. The standard InChI is InChI=1S/C15H20N4S/c1-18(2)15-9-16-8-13(17-15)14-4-3-6-19(14)10-12-5-7-20-11-12/h5,7-9,11,14H,3-4,6,10H2,1-2H3. The molecule has 1 atom stereocenters. The van der Waals surface area contributed by atoms with Gasteiger partial charge in [-0.2, -0.15) is 11.3 Å². The fraction of sp³-hybridized carbons (Fsp3) is 0.467. The van der Waals surface area contributed by atoms with Crippen molar-refractivity contribution in [3.05, 3.63) is 40.5 Å². The Bertz CT molecular complexity index is 553. The first-order valence-electron chi connectivity index (χ1n) is 6.98. The molecule has 106 valence electrons. The highest BCUT2D eigenvalue weighted by Gasteiger charge is 2.27. The van der Waals surface area contributed by atoms with E-state index in [0.29, 0.717) is 6.04 Å². The van der Waals surface area contributed by atoms with Crippen LogP contribution in [0.5, 0.6) is 0 Å². The molecular weight excluding hydrogens is 268 g/mol. The minimum absolute atomic E-state index is 0.405. The lowest BCUT2D eigenvalue weighted by Crippen LogP contribution is -2.24. The molecule has 0 aliphatic carbocycles. The van der Waals surface area contributed by atoms with Crippen molar-refractivity contribution in [1.82, 2.24) is 14.9 Å². The molecule has 1 saturated heterocycles. The van der Waals surface area contributed by atoms with E-state index in [9.17, 15) is 0 Å². The molecule has 20 heavy (non-hydrogen) atoms.